The summed E-state index contributed by atoms with van der Waals surface area (Å²) in [5.41, 5.74) is 0.405. The van der Waals surface area contributed by atoms with E-state index in [9.17, 15) is 13.6 Å². The number of aromatic nitrogens is 1. The van der Waals surface area contributed by atoms with Crippen molar-refractivity contribution in [1.82, 2.24) is 14.8 Å². The molecule has 1 aromatic heterocycles. The number of benzene rings is 1. The average molecular weight is 429 g/mol. The molecule has 4 rings (SSSR count). The van der Waals surface area contributed by atoms with Gasteiger partial charge in [-0.15, -0.1) is 0 Å². The molecule has 5 nitrogen and oxygen atoms in total. The van der Waals surface area contributed by atoms with Gasteiger partial charge in [0.25, 0.3) is 0 Å². The van der Waals surface area contributed by atoms with Gasteiger partial charge in [-0.05, 0) is 49.9 Å². The first-order valence-corrected chi connectivity index (χ1v) is 11.2. The van der Waals surface area contributed by atoms with Crippen LogP contribution in [-0.4, -0.2) is 60.0 Å². The molecule has 1 amide bonds. The van der Waals surface area contributed by atoms with Crippen molar-refractivity contribution in [3.63, 3.8) is 0 Å². The van der Waals surface area contributed by atoms with Crippen molar-refractivity contribution in [3.05, 3.63) is 59.8 Å². The van der Waals surface area contributed by atoms with Gasteiger partial charge in [0, 0.05) is 57.4 Å². The van der Waals surface area contributed by atoms with Crippen molar-refractivity contribution in [3.8, 4) is 0 Å². The molecule has 7 heteroatoms. The van der Waals surface area contributed by atoms with Crippen LogP contribution in [0.2, 0.25) is 0 Å². The Morgan fingerprint density at radius 3 is 2.65 bits per heavy atom. The van der Waals surface area contributed by atoms with Gasteiger partial charge in [0.05, 0.1) is 0 Å². The van der Waals surface area contributed by atoms with E-state index in [0.717, 1.165) is 70.4 Å². The number of nitrogens with zero attached hydrogens (tertiary/aromatic N) is 4. The first-order chi connectivity index (χ1) is 15.1. The summed E-state index contributed by atoms with van der Waals surface area (Å²) in [5.74, 6) is 0.0640. The predicted molar refractivity (Wildman–Crippen MR) is 117 cm³/mol. The molecule has 2 aromatic rings. The smallest absolute Gasteiger partial charge is 0.222 e. The van der Waals surface area contributed by atoms with Gasteiger partial charge in [0.1, 0.15) is 5.82 Å². The van der Waals surface area contributed by atoms with Gasteiger partial charge in [-0.2, -0.15) is 0 Å². The Hall–Kier alpha value is -2.54. The van der Waals surface area contributed by atoms with Crippen LogP contribution in [0.25, 0.3) is 0 Å². The van der Waals surface area contributed by atoms with Crippen LogP contribution >= 0.6 is 0 Å². The van der Waals surface area contributed by atoms with Crippen LogP contribution in [0.4, 0.5) is 14.6 Å². The Balaban J connectivity index is 1.22. The normalized spacial score (nSPS) is 20.1. The van der Waals surface area contributed by atoms with Crippen LogP contribution in [0, 0.1) is 17.6 Å². The van der Waals surface area contributed by atoms with Crippen LogP contribution in [0.15, 0.2) is 42.6 Å². The topological polar surface area (TPSA) is 39.7 Å². The Kier molecular flexibility index (Phi) is 7.12. The second-order valence-electron chi connectivity index (χ2n) is 8.55. The van der Waals surface area contributed by atoms with E-state index < -0.39 is 11.6 Å². The van der Waals surface area contributed by atoms with Gasteiger partial charge in [0.15, 0.2) is 11.6 Å². The van der Waals surface area contributed by atoms with E-state index in [2.05, 4.69) is 14.8 Å². The third-order valence-corrected chi connectivity index (χ3v) is 6.40. The number of pyridine rings is 1. The van der Waals surface area contributed by atoms with Gasteiger partial charge < -0.3 is 9.80 Å². The van der Waals surface area contributed by atoms with Gasteiger partial charge in [0.2, 0.25) is 5.91 Å². The Labute approximate surface area is 182 Å². The minimum Gasteiger partial charge on any atom is -0.353 e. The fraction of sp³-hybridized carbons (Fsp3) is 0.500. The quantitative estimate of drug-likeness (QED) is 0.704. The maximum atomic E-state index is 14.0. The highest BCUT2D eigenvalue weighted by Gasteiger charge is 2.25. The van der Waals surface area contributed by atoms with Crippen molar-refractivity contribution >= 4 is 11.7 Å². The molecular weight excluding hydrogens is 398 g/mol. The summed E-state index contributed by atoms with van der Waals surface area (Å²) in [6.45, 7) is 5.20. The minimum absolute atomic E-state index is 0.217. The fourth-order valence-electron chi connectivity index (χ4n) is 4.65. The van der Waals surface area contributed by atoms with Crippen molar-refractivity contribution in [2.24, 2.45) is 5.92 Å². The lowest BCUT2D eigenvalue weighted by Crippen LogP contribution is -2.49. The molecular formula is C24H30F2N4O. The number of anilines is 1. The fourth-order valence-corrected chi connectivity index (χ4v) is 4.65. The molecule has 0 aliphatic carbocycles. The molecule has 2 aliphatic heterocycles. The Morgan fingerprint density at radius 1 is 1.03 bits per heavy atom. The summed E-state index contributed by atoms with van der Waals surface area (Å²) in [6.07, 6.45) is 5.31. The molecule has 31 heavy (non-hydrogen) atoms. The molecule has 0 radical (unpaired) electrons. The summed E-state index contributed by atoms with van der Waals surface area (Å²) < 4.78 is 27.5. The zero-order valence-corrected chi connectivity index (χ0v) is 17.9. The average Bonchev–Trinajstić information content (AvgIpc) is 2.81. The molecule has 166 valence electrons. The lowest BCUT2D eigenvalue weighted by molar-refractivity contribution is -0.131. The minimum atomic E-state index is -0.792. The number of rotatable bonds is 6. The highest BCUT2D eigenvalue weighted by atomic mass is 19.2. The summed E-state index contributed by atoms with van der Waals surface area (Å²) >= 11 is 0. The third kappa shape index (κ3) is 5.58. The number of carbonyl (C=O) groups excluding carboxylic acids is 1. The lowest BCUT2D eigenvalue weighted by Gasteiger charge is -2.36. The van der Waals surface area contributed by atoms with E-state index in [1.807, 2.05) is 23.1 Å². The second kappa shape index (κ2) is 10.2. The molecule has 3 heterocycles. The zero-order chi connectivity index (χ0) is 21.6. The molecule has 0 saturated carbocycles. The second-order valence-corrected chi connectivity index (χ2v) is 8.55. The summed E-state index contributed by atoms with van der Waals surface area (Å²) in [7, 11) is 0. The number of carbonyl (C=O) groups is 1. The molecule has 0 spiro atoms. The SMILES string of the molecule is O=C(CC[C@@H]1CCCN(Cc2cccc(F)c2F)C1)N1CCN(c2ccccn2)CC1. The van der Waals surface area contributed by atoms with Crippen LogP contribution in [0.1, 0.15) is 31.2 Å². The summed E-state index contributed by atoms with van der Waals surface area (Å²) in [6, 6.07) is 10.2. The molecule has 1 atom stereocenters. The molecule has 1 aromatic carbocycles. The zero-order valence-electron chi connectivity index (χ0n) is 17.9. The van der Waals surface area contributed by atoms with Gasteiger partial charge in [-0.3, -0.25) is 9.69 Å². The maximum absolute atomic E-state index is 14.0. The number of piperidine rings is 1. The standard InChI is InChI=1S/C24H30F2N4O/c25-21-7-3-6-20(24(21)26)18-28-12-4-5-19(17-28)9-10-23(31)30-15-13-29(14-16-30)22-8-1-2-11-27-22/h1-3,6-8,11,19H,4-5,9-10,12-18H2/t19-/m0/s1. The predicted octanol–water partition coefficient (Wildman–Crippen LogP) is 3.70. The van der Waals surface area contributed by atoms with Crippen LogP contribution in [-0.2, 0) is 11.3 Å². The number of hydrogen-bond donors (Lipinski definition) is 0. The third-order valence-electron chi connectivity index (χ3n) is 6.40. The molecule has 0 N–H and O–H groups in total. The van der Waals surface area contributed by atoms with Crippen LogP contribution < -0.4 is 4.90 Å². The molecule has 2 aliphatic rings. The van der Waals surface area contributed by atoms with E-state index in [4.69, 9.17) is 0 Å². The molecule has 2 fully saturated rings. The number of hydrogen-bond acceptors (Lipinski definition) is 4. The lowest BCUT2D eigenvalue weighted by atomic mass is 9.92. The monoisotopic (exact) mass is 428 g/mol. The van der Waals surface area contributed by atoms with Crippen LogP contribution in [0.3, 0.4) is 0 Å². The van der Waals surface area contributed by atoms with Gasteiger partial charge >= 0.3 is 0 Å². The largest absolute Gasteiger partial charge is 0.353 e. The molecule has 2 saturated heterocycles. The highest BCUT2D eigenvalue weighted by molar-refractivity contribution is 5.76. The maximum Gasteiger partial charge on any atom is 0.222 e. The first-order valence-electron chi connectivity index (χ1n) is 11.2. The van der Waals surface area contributed by atoms with Gasteiger partial charge in [-0.1, -0.05) is 18.2 Å². The first kappa shape index (κ1) is 21.7. The summed E-state index contributed by atoms with van der Waals surface area (Å²) in [4.78, 5) is 23.5. The van der Waals surface area contributed by atoms with E-state index in [0.29, 0.717) is 24.4 Å². The van der Waals surface area contributed by atoms with Crippen molar-refractivity contribution in [1.29, 1.82) is 0 Å². The van der Waals surface area contributed by atoms with E-state index >= 15 is 0 Å². The highest BCUT2D eigenvalue weighted by Crippen LogP contribution is 2.24. The van der Waals surface area contributed by atoms with Crippen molar-refractivity contribution < 1.29 is 13.6 Å². The Morgan fingerprint density at radius 2 is 1.87 bits per heavy atom. The number of halogens is 2. The number of likely N-dealkylation sites (tertiary alicyclic amines) is 1. The summed E-state index contributed by atoms with van der Waals surface area (Å²) in [5, 5.41) is 0. The van der Waals surface area contributed by atoms with Crippen molar-refractivity contribution in [2.45, 2.75) is 32.2 Å². The number of piperazine rings is 1. The van der Waals surface area contributed by atoms with E-state index in [-0.39, 0.29) is 5.91 Å². The van der Waals surface area contributed by atoms with E-state index in [1.54, 1.807) is 18.3 Å². The van der Waals surface area contributed by atoms with E-state index in [1.165, 1.54) is 0 Å². The molecule has 0 bridgehead atoms. The Bertz CT molecular complexity index is 871. The van der Waals surface area contributed by atoms with Crippen LogP contribution in [0.5, 0.6) is 0 Å². The molecule has 0 unspecified atom stereocenters. The number of amides is 1. The van der Waals surface area contributed by atoms with Gasteiger partial charge in [-0.25, -0.2) is 13.8 Å². The van der Waals surface area contributed by atoms with Crippen molar-refractivity contribution in [2.75, 3.05) is 44.2 Å².